The Morgan fingerprint density at radius 1 is 1.10 bits per heavy atom. The zero-order valence-electron chi connectivity index (χ0n) is 17.3. The van der Waals surface area contributed by atoms with Gasteiger partial charge in [0.15, 0.2) is 11.3 Å². The number of amides is 1. The van der Waals surface area contributed by atoms with Gasteiger partial charge in [0.1, 0.15) is 11.4 Å². The van der Waals surface area contributed by atoms with Gasteiger partial charge in [-0.25, -0.2) is 5.01 Å². The molecule has 0 aromatic heterocycles. The smallest absolute Gasteiger partial charge is 0.276 e. The summed E-state index contributed by atoms with van der Waals surface area (Å²) in [5, 5.41) is 13.8. The van der Waals surface area contributed by atoms with E-state index in [2.05, 4.69) is 24.4 Å². The molecule has 0 aliphatic carbocycles. The maximum Gasteiger partial charge on any atom is 0.276 e. The Balaban J connectivity index is 1.79. The molecule has 0 fully saturated rings. The number of para-hydroxylation sites is 1. The largest absolute Gasteiger partial charge is 0.496 e. The Bertz CT molecular complexity index is 1330. The predicted molar refractivity (Wildman–Crippen MR) is 124 cm³/mol. The summed E-state index contributed by atoms with van der Waals surface area (Å²) in [6.07, 6.45) is 0.471. The van der Waals surface area contributed by atoms with E-state index in [-0.39, 0.29) is 5.91 Å². The number of fused-ring (bicyclic) bond motifs is 3. The quantitative estimate of drug-likeness (QED) is 0.691. The van der Waals surface area contributed by atoms with Gasteiger partial charge >= 0.3 is 0 Å². The number of nitrogens with one attached hydrogen (secondary N) is 1. The highest BCUT2D eigenvalue weighted by atomic mass is 32.2. The first-order valence-corrected chi connectivity index (χ1v) is 11.2. The molecule has 6 nitrogen and oxygen atoms in total. The van der Waals surface area contributed by atoms with Gasteiger partial charge < -0.3 is 4.74 Å². The molecule has 2 aliphatic rings. The van der Waals surface area contributed by atoms with Crippen molar-refractivity contribution in [2.45, 2.75) is 19.5 Å². The lowest BCUT2D eigenvalue weighted by Gasteiger charge is -2.35. The van der Waals surface area contributed by atoms with E-state index >= 15 is 0 Å². The third-order valence-corrected chi connectivity index (χ3v) is 6.44. The van der Waals surface area contributed by atoms with Gasteiger partial charge in [-0.2, -0.15) is 0 Å². The number of amidine groups is 1. The van der Waals surface area contributed by atoms with Gasteiger partial charge in [-0.1, -0.05) is 67.2 Å². The number of hydrogen-bond donors (Lipinski definition) is 1. The molecule has 0 radical (unpaired) electrons. The second kappa shape index (κ2) is 8.07. The molecule has 2 aliphatic heterocycles. The predicted octanol–water partition coefficient (Wildman–Crippen LogP) is 3.13. The van der Waals surface area contributed by atoms with Gasteiger partial charge in [0.25, 0.3) is 5.91 Å². The lowest BCUT2D eigenvalue weighted by atomic mass is 9.99. The lowest BCUT2D eigenvalue weighted by molar-refractivity contribution is -0.116. The van der Waals surface area contributed by atoms with Crippen LogP contribution < -0.4 is 20.6 Å². The number of carbonyl (C=O) groups is 1. The van der Waals surface area contributed by atoms with E-state index in [0.717, 1.165) is 44.8 Å². The van der Waals surface area contributed by atoms with Crippen LogP contribution >= 0.6 is 11.8 Å². The Morgan fingerprint density at radius 2 is 1.90 bits per heavy atom. The molecule has 2 heterocycles. The highest BCUT2D eigenvalue weighted by molar-refractivity contribution is 8.13. The molecule has 156 valence electrons. The van der Waals surface area contributed by atoms with Gasteiger partial charge in [0.2, 0.25) is 0 Å². The van der Waals surface area contributed by atoms with Crippen LogP contribution in [0.5, 0.6) is 5.75 Å². The summed E-state index contributed by atoms with van der Waals surface area (Å²) in [5.74, 6) is 1.42. The normalized spacial score (nSPS) is 17.4. The van der Waals surface area contributed by atoms with Crippen molar-refractivity contribution in [2.75, 3.05) is 12.9 Å². The summed E-state index contributed by atoms with van der Waals surface area (Å²) in [5.41, 5.74) is 1.40. The van der Waals surface area contributed by atoms with E-state index in [1.807, 2.05) is 48.5 Å². The Hall–Kier alpha value is -3.32. The van der Waals surface area contributed by atoms with Crippen LogP contribution in [0.3, 0.4) is 0 Å². The molecule has 1 unspecified atom stereocenters. The molecule has 7 heteroatoms. The molecule has 0 bridgehead atoms. The maximum atomic E-state index is 13.2. The first kappa shape index (κ1) is 19.6. The van der Waals surface area contributed by atoms with Crippen molar-refractivity contribution < 1.29 is 9.53 Å². The summed E-state index contributed by atoms with van der Waals surface area (Å²) in [6, 6.07) is 19.8. The number of ether oxygens (including phenoxy) is 1. The Morgan fingerprint density at radius 3 is 2.74 bits per heavy atom. The minimum absolute atomic E-state index is 0.167. The standard InChI is InChI=1S/C24H22N4O2S/c1-3-14-31-24-26-23(29)21-17-10-6-7-11-18(17)25-22(28(21)27-24)20-16-9-5-4-8-15(16)12-13-19(20)30-2/h4-13,22H,3,14H2,1-2H3,(H,26,27,29). The number of thioether (sulfide) groups is 1. The molecule has 0 saturated heterocycles. The zero-order chi connectivity index (χ0) is 21.4. The van der Waals surface area contributed by atoms with Crippen LogP contribution in [-0.2, 0) is 4.79 Å². The number of hydrazone groups is 1. The van der Waals surface area contributed by atoms with Crippen LogP contribution in [0, 0.1) is 0 Å². The Kier molecular flexibility index (Phi) is 5.11. The van der Waals surface area contributed by atoms with E-state index in [9.17, 15) is 4.79 Å². The molecule has 3 aromatic carbocycles. The van der Waals surface area contributed by atoms with Crippen molar-refractivity contribution in [3.05, 3.63) is 76.8 Å². The van der Waals surface area contributed by atoms with E-state index in [4.69, 9.17) is 14.8 Å². The van der Waals surface area contributed by atoms with E-state index in [1.165, 1.54) is 11.8 Å². The van der Waals surface area contributed by atoms with E-state index in [0.29, 0.717) is 10.9 Å². The van der Waals surface area contributed by atoms with Crippen molar-refractivity contribution in [2.24, 2.45) is 10.1 Å². The van der Waals surface area contributed by atoms with Crippen LogP contribution in [0.25, 0.3) is 16.5 Å². The molecule has 3 aromatic rings. The van der Waals surface area contributed by atoms with Crippen LogP contribution in [0.15, 0.2) is 70.8 Å². The molecule has 5 rings (SSSR count). The highest BCUT2D eigenvalue weighted by Gasteiger charge is 2.36. The van der Waals surface area contributed by atoms with Crippen molar-refractivity contribution in [3.63, 3.8) is 0 Å². The summed E-state index contributed by atoms with van der Waals surface area (Å²) in [4.78, 5) is 18.2. The zero-order valence-corrected chi connectivity index (χ0v) is 18.1. The molecule has 0 saturated carbocycles. The van der Waals surface area contributed by atoms with Gasteiger partial charge in [0, 0.05) is 16.5 Å². The van der Waals surface area contributed by atoms with Crippen LogP contribution in [0.2, 0.25) is 0 Å². The molecule has 1 amide bonds. The average molecular weight is 431 g/mol. The second-order valence-corrected chi connectivity index (χ2v) is 8.41. The average Bonchev–Trinajstić information content (AvgIpc) is 2.81. The monoisotopic (exact) mass is 430 g/mol. The first-order valence-electron chi connectivity index (χ1n) is 10.3. The van der Waals surface area contributed by atoms with Crippen LogP contribution in [0.1, 0.15) is 25.1 Å². The minimum Gasteiger partial charge on any atom is -0.496 e. The molecule has 31 heavy (non-hydrogen) atoms. The summed E-state index contributed by atoms with van der Waals surface area (Å²) >= 11 is 1.54. The first-order chi connectivity index (χ1) is 15.2. The molecular weight excluding hydrogens is 408 g/mol. The number of benzene rings is 3. The summed E-state index contributed by atoms with van der Waals surface area (Å²) in [7, 11) is 1.66. The number of methoxy groups -OCH3 is 1. The number of rotatable bonds is 4. The fourth-order valence-corrected chi connectivity index (χ4v) is 4.71. The lowest BCUT2D eigenvalue weighted by Crippen LogP contribution is -2.50. The fraction of sp³-hybridized carbons (Fsp3) is 0.208. The fourth-order valence-electron chi connectivity index (χ4n) is 4.00. The number of nitrogens with zero attached hydrogens (tertiary/aromatic N) is 3. The molecule has 1 N–H and O–H groups in total. The highest BCUT2D eigenvalue weighted by Crippen LogP contribution is 2.39. The van der Waals surface area contributed by atoms with Gasteiger partial charge in [-0.05, 0) is 29.3 Å². The van der Waals surface area contributed by atoms with Crippen molar-refractivity contribution in [1.82, 2.24) is 10.3 Å². The minimum atomic E-state index is -0.519. The van der Waals surface area contributed by atoms with Gasteiger partial charge in [-0.3, -0.25) is 15.1 Å². The second-order valence-electron chi connectivity index (χ2n) is 7.32. The molecule has 1 atom stereocenters. The third-order valence-electron chi connectivity index (χ3n) is 5.37. The van der Waals surface area contributed by atoms with Gasteiger partial charge in [0.05, 0.1) is 12.5 Å². The third kappa shape index (κ3) is 3.35. The van der Waals surface area contributed by atoms with E-state index in [1.54, 1.807) is 12.1 Å². The van der Waals surface area contributed by atoms with Crippen molar-refractivity contribution >= 4 is 39.3 Å². The summed E-state index contributed by atoms with van der Waals surface area (Å²) in [6.45, 7) is 2.10. The maximum absolute atomic E-state index is 13.2. The van der Waals surface area contributed by atoms with Crippen LogP contribution in [-0.4, -0.2) is 28.9 Å². The van der Waals surface area contributed by atoms with Crippen LogP contribution in [0.4, 0.5) is 0 Å². The Labute approximate surface area is 184 Å². The molecular formula is C24H22N4O2S. The number of hydrogen-bond acceptors (Lipinski definition) is 6. The number of carbonyl (C=O) groups excluding carboxylic acids is 1. The van der Waals surface area contributed by atoms with Crippen molar-refractivity contribution in [1.29, 1.82) is 0 Å². The SMILES string of the molecule is CCCSC1=NN2C(=c3ccccc3=NC2c2c(OC)ccc3ccccc23)C(=O)N1. The van der Waals surface area contributed by atoms with Crippen molar-refractivity contribution in [3.8, 4) is 5.75 Å². The molecule has 0 spiro atoms. The van der Waals surface area contributed by atoms with E-state index < -0.39 is 6.17 Å². The van der Waals surface area contributed by atoms with Gasteiger partial charge in [-0.15, -0.1) is 5.10 Å². The summed E-state index contributed by atoms with van der Waals surface area (Å²) < 4.78 is 5.74. The topological polar surface area (TPSA) is 66.3 Å².